The van der Waals surface area contributed by atoms with Gasteiger partial charge in [0.15, 0.2) is 0 Å². The van der Waals surface area contributed by atoms with E-state index in [4.69, 9.17) is 0 Å². The molecule has 1 aliphatic heterocycles. The van der Waals surface area contributed by atoms with Crippen LogP contribution in [0.1, 0.15) is 0 Å². The highest BCUT2D eigenvalue weighted by Gasteiger charge is 2.14. The zero-order valence-corrected chi connectivity index (χ0v) is 11.1. The molecule has 0 spiro atoms. The molecule has 1 aliphatic rings. The number of anilines is 1. The molecule has 15 heavy (non-hydrogen) atoms. The van der Waals surface area contributed by atoms with Gasteiger partial charge in [-0.1, -0.05) is 6.07 Å². The second-order valence-electron chi connectivity index (χ2n) is 3.61. The molecule has 0 atom stereocenters. The lowest BCUT2D eigenvalue weighted by Crippen LogP contribution is -2.44. The normalized spacial score (nSPS) is 17.3. The summed E-state index contributed by atoms with van der Waals surface area (Å²) in [6.07, 6.45) is 0. The van der Waals surface area contributed by atoms with Crippen molar-refractivity contribution in [3.63, 3.8) is 0 Å². The van der Waals surface area contributed by atoms with Gasteiger partial charge in [0, 0.05) is 26.2 Å². The summed E-state index contributed by atoms with van der Waals surface area (Å²) in [5.41, 5.74) is 0. The molecule has 0 aromatic carbocycles. The van der Waals surface area contributed by atoms with Gasteiger partial charge in [-0.2, -0.15) is 0 Å². The molecule has 5 heteroatoms. The molecule has 1 aromatic heterocycles. The predicted molar refractivity (Wildman–Crippen MR) is 68.9 cm³/mol. The van der Waals surface area contributed by atoms with Gasteiger partial charge in [0.2, 0.25) is 0 Å². The maximum absolute atomic E-state index is 4.45. The summed E-state index contributed by atoms with van der Waals surface area (Å²) in [6.45, 7) is 4.38. The Hall–Kier alpha value is -0.320. The van der Waals surface area contributed by atoms with Gasteiger partial charge < -0.3 is 9.80 Å². The van der Waals surface area contributed by atoms with E-state index in [0.717, 1.165) is 36.6 Å². The van der Waals surface area contributed by atoms with Crippen molar-refractivity contribution in [2.45, 2.75) is 0 Å². The van der Waals surface area contributed by atoms with Crippen molar-refractivity contribution in [3.8, 4) is 0 Å². The fraction of sp³-hybridized carbons (Fsp3) is 0.500. The monoisotopic (exact) mass is 291 g/mol. The maximum atomic E-state index is 4.45. The molecule has 0 amide bonds. The molecule has 2 heterocycles. The summed E-state index contributed by atoms with van der Waals surface area (Å²) < 4.78 is 0.911. The molecule has 1 fully saturated rings. The maximum Gasteiger partial charge on any atom is 0.129 e. The van der Waals surface area contributed by atoms with Gasteiger partial charge in [-0.25, -0.2) is 4.98 Å². The van der Waals surface area contributed by atoms with Crippen LogP contribution in [0.2, 0.25) is 0 Å². The van der Waals surface area contributed by atoms with Crippen LogP contribution in [-0.2, 0) is 0 Å². The largest absolute Gasteiger partial charge is 0.354 e. The molecular weight excluding hydrogens is 277 g/mol. The van der Waals surface area contributed by atoms with E-state index in [9.17, 15) is 0 Å². The van der Waals surface area contributed by atoms with Crippen LogP contribution >= 0.6 is 28.3 Å². The van der Waals surface area contributed by atoms with Crippen LogP contribution in [0.3, 0.4) is 0 Å². The van der Waals surface area contributed by atoms with Crippen molar-refractivity contribution >= 4 is 34.2 Å². The summed E-state index contributed by atoms with van der Waals surface area (Å²) >= 11 is 3.39. The lowest BCUT2D eigenvalue weighted by molar-refractivity contribution is 0.312. The fourth-order valence-corrected chi connectivity index (χ4v) is 1.94. The van der Waals surface area contributed by atoms with Crippen molar-refractivity contribution < 1.29 is 0 Å². The Kier molecular flexibility index (Phi) is 4.83. The Morgan fingerprint density at radius 1 is 1.20 bits per heavy atom. The Morgan fingerprint density at radius 2 is 1.87 bits per heavy atom. The van der Waals surface area contributed by atoms with Gasteiger partial charge in [-0.15, -0.1) is 12.4 Å². The Labute approximate surface area is 105 Å². The first-order valence-electron chi connectivity index (χ1n) is 4.82. The number of halogens is 2. The first kappa shape index (κ1) is 12.7. The lowest BCUT2D eigenvalue weighted by atomic mass is 10.3. The molecule has 0 aliphatic carbocycles. The molecule has 0 unspecified atom stereocenters. The number of piperazine rings is 1. The average Bonchev–Trinajstić information content (AvgIpc) is 2.19. The topological polar surface area (TPSA) is 19.4 Å². The molecule has 2 rings (SSSR count). The highest BCUT2D eigenvalue weighted by atomic mass is 79.9. The zero-order chi connectivity index (χ0) is 9.97. The second-order valence-corrected chi connectivity index (χ2v) is 4.42. The molecule has 0 N–H and O–H groups in total. The zero-order valence-electron chi connectivity index (χ0n) is 8.69. The highest BCUT2D eigenvalue weighted by molar-refractivity contribution is 9.10. The SMILES string of the molecule is CN1CCN(c2cccc(Br)n2)CC1.Cl. The quantitative estimate of drug-likeness (QED) is 0.738. The molecule has 3 nitrogen and oxygen atoms in total. The number of nitrogens with zero attached hydrogens (tertiary/aromatic N) is 3. The van der Waals surface area contributed by atoms with Gasteiger partial charge in [0.1, 0.15) is 10.4 Å². The molecule has 84 valence electrons. The first-order chi connectivity index (χ1) is 6.75. The van der Waals surface area contributed by atoms with Crippen LogP contribution < -0.4 is 4.90 Å². The molecular formula is C10H15BrClN3. The third-order valence-corrected chi connectivity index (χ3v) is 2.97. The van der Waals surface area contributed by atoms with Gasteiger partial charge >= 0.3 is 0 Å². The number of hydrogen-bond acceptors (Lipinski definition) is 3. The minimum absolute atomic E-state index is 0. The summed E-state index contributed by atoms with van der Waals surface area (Å²) in [4.78, 5) is 9.11. The van der Waals surface area contributed by atoms with Crippen LogP contribution in [0.5, 0.6) is 0 Å². The minimum Gasteiger partial charge on any atom is -0.354 e. The predicted octanol–water partition coefficient (Wildman–Crippen LogP) is 2.02. The van der Waals surface area contributed by atoms with Gasteiger partial charge in [0.05, 0.1) is 0 Å². The van der Waals surface area contributed by atoms with E-state index in [1.54, 1.807) is 0 Å². The van der Waals surface area contributed by atoms with Crippen molar-refractivity contribution in [1.82, 2.24) is 9.88 Å². The number of pyridine rings is 1. The second kappa shape index (κ2) is 5.68. The van der Waals surface area contributed by atoms with Crippen molar-refractivity contribution in [2.24, 2.45) is 0 Å². The third-order valence-electron chi connectivity index (χ3n) is 2.53. The van der Waals surface area contributed by atoms with Gasteiger partial charge in [-0.3, -0.25) is 0 Å². The van der Waals surface area contributed by atoms with Crippen LogP contribution in [0, 0.1) is 0 Å². The number of hydrogen-bond donors (Lipinski definition) is 0. The fourth-order valence-electron chi connectivity index (χ4n) is 1.61. The molecule has 1 aromatic rings. The third kappa shape index (κ3) is 3.33. The van der Waals surface area contributed by atoms with E-state index in [0.29, 0.717) is 0 Å². The number of aromatic nitrogens is 1. The minimum atomic E-state index is 0. The van der Waals surface area contributed by atoms with E-state index >= 15 is 0 Å². The summed E-state index contributed by atoms with van der Waals surface area (Å²) in [5, 5.41) is 0. The summed E-state index contributed by atoms with van der Waals surface area (Å²) in [6, 6.07) is 6.06. The average molecular weight is 293 g/mol. The number of rotatable bonds is 1. The summed E-state index contributed by atoms with van der Waals surface area (Å²) in [5.74, 6) is 1.08. The van der Waals surface area contributed by atoms with Crippen molar-refractivity contribution in [1.29, 1.82) is 0 Å². The van der Waals surface area contributed by atoms with Crippen LogP contribution in [-0.4, -0.2) is 43.1 Å². The van der Waals surface area contributed by atoms with E-state index in [-0.39, 0.29) is 12.4 Å². The molecule has 1 saturated heterocycles. The highest BCUT2D eigenvalue weighted by Crippen LogP contribution is 2.16. The van der Waals surface area contributed by atoms with E-state index in [2.05, 4.69) is 43.8 Å². The van der Waals surface area contributed by atoms with Gasteiger partial charge in [0.25, 0.3) is 0 Å². The number of likely N-dealkylation sites (N-methyl/N-ethyl adjacent to an activating group) is 1. The van der Waals surface area contributed by atoms with Crippen molar-refractivity contribution in [3.05, 3.63) is 22.8 Å². The van der Waals surface area contributed by atoms with Crippen LogP contribution in [0.15, 0.2) is 22.8 Å². The molecule has 0 saturated carbocycles. The van der Waals surface area contributed by atoms with E-state index in [1.165, 1.54) is 0 Å². The van der Waals surface area contributed by atoms with E-state index in [1.807, 2.05) is 12.1 Å². The Morgan fingerprint density at radius 3 is 2.47 bits per heavy atom. The first-order valence-corrected chi connectivity index (χ1v) is 5.61. The molecule has 0 bridgehead atoms. The molecule has 0 radical (unpaired) electrons. The lowest BCUT2D eigenvalue weighted by Gasteiger charge is -2.33. The van der Waals surface area contributed by atoms with Gasteiger partial charge in [-0.05, 0) is 35.1 Å². The summed E-state index contributed by atoms with van der Waals surface area (Å²) in [7, 11) is 2.16. The Balaban J connectivity index is 0.00000112. The van der Waals surface area contributed by atoms with Crippen LogP contribution in [0.25, 0.3) is 0 Å². The van der Waals surface area contributed by atoms with Crippen molar-refractivity contribution in [2.75, 3.05) is 38.1 Å². The van der Waals surface area contributed by atoms with Crippen LogP contribution in [0.4, 0.5) is 5.82 Å². The standard InChI is InChI=1S/C10H14BrN3.ClH/c1-13-5-7-14(8-6-13)10-4-2-3-9(11)12-10;/h2-4H,5-8H2,1H3;1H. The van der Waals surface area contributed by atoms with E-state index < -0.39 is 0 Å². The Bertz CT molecular complexity index is 313. The smallest absolute Gasteiger partial charge is 0.129 e.